The normalized spacial score (nSPS) is 9.57. The van der Waals surface area contributed by atoms with Crippen molar-refractivity contribution in [2.24, 2.45) is 0 Å². The summed E-state index contributed by atoms with van der Waals surface area (Å²) >= 11 is 3.25. The molecular formula is C10H9BrO3. The third-order valence-electron chi connectivity index (χ3n) is 1.76. The van der Waals surface area contributed by atoms with Crippen molar-refractivity contribution in [3.8, 4) is 5.75 Å². The van der Waals surface area contributed by atoms with Gasteiger partial charge in [-0.25, -0.2) is 4.79 Å². The van der Waals surface area contributed by atoms with Crippen LogP contribution in [0.3, 0.4) is 0 Å². The van der Waals surface area contributed by atoms with Gasteiger partial charge in [-0.05, 0) is 12.1 Å². The van der Waals surface area contributed by atoms with Crippen molar-refractivity contribution in [3.63, 3.8) is 0 Å². The van der Waals surface area contributed by atoms with Gasteiger partial charge in [0.05, 0.1) is 12.7 Å². The van der Waals surface area contributed by atoms with Gasteiger partial charge in [0.1, 0.15) is 5.75 Å². The van der Waals surface area contributed by atoms with Crippen LogP contribution < -0.4 is 4.74 Å². The van der Waals surface area contributed by atoms with Gasteiger partial charge in [-0.2, -0.15) is 0 Å². The molecule has 1 N–H and O–H groups in total. The van der Waals surface area contributed by atoms with Gasteiger partial charge in [0.15, 0.2) is 0 Å². The van der Waals surface area contributed by atoms with E-state index >= 15 is 0 Å². The van der Waals surface area contributed by atoms with Crippen LogP contribution in [0.1, 0.15) is 5.56 Å². The van der Waals surface area contributed by atoms with Crippen LogP contribution in [-0.2, 0) is 4.79 Å². The van der Waals surface area contributed by atoms with Gasteiger partial charge in [-0.15, -0.1) is 0 Å². The predicted molar refractivity (Wildman–Crippen MR) is 57.4 cm³/mol. The van der Waals surface area contributed by atoms with E-state index in [1.54, 1.807) is 18.2 Å². The van der Waals surface area contributed by atoms with Gasteiger partial charge in [0, 0.05) is 10.0 Å². The van der Waals surface area contributed by atoms with E-state index in [9.17, 15) is 4.79 Å². The average molecular weight is 257 g/mol. The molecule has 0 saturated heterocycles. The van der Waals surface area contributed by atoms with Crippen molar-refractivity contribution in [1.82, 2.24) is 0 Å². The highest BCUT2D eigenvalue weighted by Crippen LogP contribution is 2.32. The van der Waals surface area contributed by atoms with Crippen LogP contribution in [0.25, 0.3) is 5.57 Å². The lowest BCUT2D eigenvalue weighted by Gasteiger charge is -2.09. The number of carboxylic acids is 1. The molecule has 1 aromatic rings. The first-order chi connectivity index (χ1) is 6.57. The van der Waals surface area contributed by atoms with Gasteiger partial charge in [-0.3, -0.25) is 0 Å². The molecule has 0 fully saturated rings. The van der Waals surface area contributed by atoms with E-state index in [1.807, 2.05) is 0 Å². The van der Waals surface area contributed by atoms with Crippen molar-refractivity contribution >= 4 is 27.5 Å². The molecule has 0 aliphatic carbocycles. The molecule has 4 heteroatoms. The van der Waals surface area contributed by atoms with Crippen LogP contribution in [0.4, 0.5) is 0 Å². The highest BCUT2D eigenvalue weighted by atomic mass is 79.9. The van der Waals surface area contributed by atoms with Gasteiger partial charge in [0.25, 0.3) is 0 Å². The number of aliphatic carboxylic acids is 1. The fourth-order valence-corrected chi connectivity index (χ4v) is 1.66. The van der Waals surface area contributed by atoms with E-state index in [2.05, 4.69) is 22.5 Å². The minimum Gasteiger partial charge on any atom is -0.496 e. The SMILES string of the molecule is C=C(C(=O)O)c1c(Br)cccc1OC. The molecule has 1 aromatic carbocycles. The lowest BCUT2D eigenvalue weighted by Crippen LogP contribution is -2.01. The topological polar surface area (TPSA) is 46.5 Å². The maximum absolute atomic E-state index is 10.7. The molecule has 0 unspecified atom stereocenters. The van der Waals surface area contributed by atoms with E-state index in [1.165, 1.54) is 7.11 Å². The number of hydrogen-bond donors (Lipinski definition) is 1. The van der Waals surface area contributed by atoms with E-state index in [0.29, 0.717) is 15.8 Å². The second kappa shape index (κ2) is 4.28. The Hall–Kier alpha value is -1.29. The predicted octanol–water partition coefficient (Wildman–Crippen LogP) is 2.56. The maximum Gasteiger partial charge on any atom is 0.335 e. The summed E-state index contributed by atoms with van der Waals surface area (Å²) < 4.78 is 5.70. The van der Waals surface area contributed by atoms with Crippen LogP contribution in [-0.4, -0.2) is 18.2 Å². The third kappa shape index (κ3) is 1.96. The molecule has 0 bridgehead atoms. The molecule has 1 rings (SSSR count). The van der Waals surface area contributed by atoms with Gasteiger partial charge in [-0.1, -0.05) is 28.6 Å². The summed E-state index contributed by atoms with van der Waals surface area (Å²) in [6.07, 6.45) is 0. The molecule has 0 aromatic heterocycles. The summed E-state index contributed by atoms with van der Waals surface area (Å²) in [6.45, 7) is 3.48. The maximum atomic E-state index is 10.7. The minimum atomic E-state index is -1.06. The number of rotatable bonds is 3. The van der Waals surface area contributed by atoms with Gasteiger partial charge < -0.3 is 9.84 Å². The highest BCUT2D eigenvalue weighted by Gasteiger charge is 2.15. The Morgan fingerprint density at radius 3 is 2.71 bits per heavy atom. The van der Waals surface area contributed by atoms with Crippen LogP contribution in [0.2, 0.25) is 0 Å². The monoisotopic (exact) mass is 256 g/mol. The quantitative estimate of drug-likeness (QED) is 0.846. The molecule has 14 heavy (non-hydrogen) atoms. The second-order valence-corrected chi connectivity index (χ2v) is 3.46. The lowest BCUT2D eigenvalue weighted by molar-refractivity contribution is -0.130. The van der Waals surface area contributed by atoms with E-state index in [4.69, 9.17) is 9.84 Å². The van der Waals surface area contributed by atoms with E-state index in [-0.39, 0.29) is 5.57 Å². The standard InChI is InChI=1S/C10H9BrO3/c1-6(10(12)13)9-7(11)4-3-5-8(9)14-2/h3-5H,1H2,2H3,(H,12,13). The zero-order chi connectivity index (χ0) is 10.7. The van der Waals surface area contributed by atoms with Crippen LogP contribution in [0.15, 0.2) is 29.3 Å². The Kier molecular flexibility index (Phi) is 3.30. The number of carbonyl (C=O) groups is 1. The first kappa shape index (κ1) is 10.8. The first-order valence-corrected chi connectivity index (χ1v) is 4.62. The van der Waals surface area contributed by atoms with Crippen molar-refractivity contribution in [2.75, 3.05) is 7.11 Å². The largest absolute Gasteiger partial charge is 0.496 e. The van der Waals surface area contributed by atoms with Crippen molar-refractivity contribution in [3.05, 3.63) is 34.8 Å². The second-order valence-electron chi connectivity index (χ2n) is 2.60. The van der Waals surface area contributed by atoms with Crippen LogP contribution >= 0.6 is 15.9 Å². The molecule has 0 heterocycles. The number of benzene rings is 1. The summed E-state index contributed by atoms with van der Waals surface area (Å²) in [5.74, 6) is -0.568. The summed E-state index contributed by atoms with van der Waals surface area (Å²) in [6, 6.07) is 5.20. The number of halogens is 1. The fourth-order valence-electron chi connectivity index (χ4n) is 1.07. The molecule has 0 atom stereocenters. The zero-order valence-corrected chi connectivity index (χ0v) is 9.17. The molecule has 0 saturated carbocycles. The molecular weight excluding hydrogens is 248 g/mol. The summed E-state index contributed by atoms with van der Waals surface area (Å²) in [4.78, 5) is 10.7. The average Bonchev–Trinajstić information content (AvgIpc) is 2.16. The van der Waals surface area contributed by atoms with Gasteiger partial charge in [0.2, 0.25) is 0 Å². The van der Waals surface area contributed by atoms with Crippen molar-refractivity contribution in [1.29, 1.82) is 0 Å². The summed E-state index contributed by atoms with van der Waals surface area (Å²) in [7, 11) is 1.49. The zero-order valence-electron chi connectivity index (χ0n) is 7.58. The Morgan fingerprint density at radius 1 is 1.57 bits per heavy atom. The highest BCUT2D eigenvalue weighted by molar-refractivity contribution is 9.10. The molecule has 0 spiro atoms. The summed E-state index contributed by atoms with van der Waals surface area (Å²) in [5.41, 5.74) is 0.483. The lowest BCUT2D eigenvalue weighted by atomic mass is 10.1. The summed E-state index contributed by atoms with van der Waals surface area (Å²) in [5, 5.41) is 8.80. The third-order valence-corrected chi connectivity index (χ3v) is 2.42. The van der Waals surface area contributed by atoms with Gasteiger partial charge >= 0.3 is 5.97 Å². The molecule has 74 valence electrons. The Labute approximate surface area is 90.1 Å². The number of ether oxygens (including phenoxy) is 1. The first-order valence-electron chi connectivity index (χ1n) is 3.83. The van der Waals surface area contributed by atoms with Crippen LogP contribution in [0, 0.1) is 0 Å². The Morgan fingerprint density at radius 2 is 2.21 bits per heavy atom. The van der Waals surface area contributed by atoms with E-state index in [0.717, 1.165) is 0 Å². The van der Waals surface area contributed by atoms with Crippen molar-refractivity contribution in [2.45, 2.75) is 0 Å². The number of methoxy groups -OCH3 is 1. The molecule has 0 aliphatic heterocycles. The molecule has 0 aliphatic rings. The molecule has 0 amide bonds. The van der Waals surface area contributed by atoms with Crippen molar-refractivity contribution < 1.29 is 14.6 Å². The fraction of sp³-hybridized carbons (Fsp3) is 0.100. The van der Waals surface area contributed by atoms with E-state index < -0.39 is 5.97 Å². The number of carboxylic acid groups (broad SMARTS) is 1. The number of hydrogen-bond acceptors (Lipinski definition) is 2. The Balaban J connectivity index is 3.30. The molecule has 3 nitrogen and oxygen atoms in total. The minimum absolute atomic E-state index is 0.00863. The van der Waals surface area contributed by atoms with Crippen LogP contribution in [0.5, 0.6) is 5.75 Å². The Bertz CT molecular complexity index is 385. The molecule has 0 radical (unpaired) electrons. The smallest absolute Gasteiger partial charge is 0.335 e.